The molecule has 0 aliphatic rings. The minimum absolute atomic E-state index is 0.0126. The first-order chi connectivity index (χ1) is 7.15. The number of hydrogen-bond donors (Lipinski definition) is 0. The lowest BCUT2D eigenvalue weighted by Crippen LogP contribution is -1.99. The molecule has 0 amide bonds. The molecule has 0 saturated heterocycles. The maximum absolute atomic E-state index is 11.3. The Kier molecular flexibility index (Phi) is 4.03. The van der Waals surface area contributed by atoms with Crippen molar-refractivity contribution in [3.05, 3.63) is 29.8 Å². The predicted octanol–water partition coefficient (Wildman–Crippen LogP) is 2.98. The van der Waals surface area contributed by atoms with E-state index in [-0.39, 0.29) is 5.78 Å². The van der Waals surface area contributed by atoms with Crippen molar-refractivity contribution < 1.29 is 9.53 Å². The van der Waals surface area contributed by atoms with Crippen LogP contribution in [0.4, 0.5) is 5.69 Å². The second-order valence-electron chi connectivity index (χ2n) is 3.14. The quantitative estimate of drug-likeness (QED) is 0.432. The van der Waals surface area contributed by atoms with Gasteiger partial charge in [-0.3, -0.25) is 4.79 Å². The van der Waals surface area contributed by atoms with E-state index in [0.29, 0.717) is 23.8 Å². The summed E-state index contributed by atoms with van der Waals surface area (Å²) in [7, 11) is 0. The normalized spacial score (nSPS) is 11.3. The number of ketones is 1. The highest BCUT2D eigenvalue weighted by Crippen LogP contribution is 2.19. The van der Waals surface area contributed by atoms with Crippen molar-refractivity contribution in [1.29, 1.82) is 0 Å². The summed E-state index contributed by atoms with van der Waals surface area (Å²) in [4.78, 5) is 15.5. The van der Waals surface area contributed by atoms with Crippen LogP contribution >= 0.6 is 0 Å². The molecular formula is C12H15NO2. The predicted molar refractivity (Wildman–Crippen MR) is 60.8 cm³/mol. The molecule has 0 radical (unpaired) electrons. The summed E-state index contributed by atoms with van der Waals surface area (Å²) in [6.07, 6.45) is 0. The van der Waals surface area contributed by atoms with Crippen molar-refractivity contribution in [3.63, 3.8) is 0 Å². The Morgan fingerprint density at radius 3 is 2.60 bits per heavy atom. The minimum Gasteiger partial charge on any atom is -0.481 e. The van der Waals surface area contributed by atoms with E-state index in [9.17, 15) is 4.79 Å². The van der Waals surface area contributed by atoms with Crippen LogP contribution in [0.5, 0.6) is 0 Å². The molecule has 0 heterocycles. The molecule has 15 heavy (non-hydrogen) atoms. The van der Waals surface area contributed by atoms with Crippen LogP contribution < -0.4 is 0 Å². The van der Waals surface area contributed by atoms with Crippen LogP contribution in [0.1, 0.15) is 31.1 Å². The number of nitrogens with zero attached hydrogens (tertiary/aromatic N) is 1. The molecule has 80 valence electrons. The van der Waals surface area contributed by atoms with E-state index in [1.807, 2.05) is 19.1 Å². The molecular weight excluding hydrogens is 190 g/mol. The van der Waals surface area contributed by atoms with Gasteiger partial charge in [-0.05, 0) is 26.0 Å². The van der Waals surface area contributed by atoms with Crippen LogP contribution in [-0.2, 0) is 4.74 Å². The highest BCUT2D eigenvalue weighted by Gasteiger charge is 2.05. The number of Topliss-reactive ketones (excluding diaryl/α,β-unsaturated/α-hetero) is 1. The highest BCUT2D eigenvalue weighted by atomic mass is 16.5. The fourth-order valence-corrected chi connectivity index (χ4v) is 1.28. The van der Waals surface area contributed by atoms with Gasteiger partial charge >= 0.3 is 0 Å². The number of aliphatic imine (C=N–C) groups is 1. The Hall–Kier alpha value is -1.64. The lowest BCUT2D eigenvalue weighted by Gasteiger charge is -2.04. The molecule has 0 spiro atoms. The third kappa shape index (κ3) is 3.20. The number of rotatable bonds is 3. The first-order valence-electron chi connectivity index (χ1n) is 4.93. The summed E-state index contributed by atoms with van der Waals surface area (Å²) >= 11 is 0. The first kappa shape index (κ1) is 11.4. The average Bonchev–Trinajstić information content (AvgIpc) is 2.18. The first-order valence-corrected chi connectivity index (χ1v) is 4.93. The smallest absolute Gasteiger partial charge is 0.185 e. The summed E-state index contributed by atoms with van der Waals surface area (Å²) in [6, 6.07) is 7.25. The fraction of sp³-hybridized carbons (Fsp3) is 0.333. The van der Waals surface area contributed by atoms with E-state index in [1.165, 1.54) is 6.92 Å². The monoisotopic (exact) mass is 205 g/mol. The summed E-state index contributed by atoms with van der Waals surface area (Å²) < 4.78 is 5.22. The van der Waals surface area contributed by atoms with Gasteiger partial charge in [0.25, 0.3) is 0 Å². The number of carbonyl (C=O) groups excluding carboxylic acids is 1. The Morgan fingerprint density at radius 1 is 1.33 bits per heavy atom. The molecule has 0 aromatic heterocycles. The number of hydrogen-bond acceptors (Lipinski definition) is 3. The fourth-order valence-electron chi connectivity index (χ4n) is 1.28. The topological polar surface area (TPSA) is 38.7 Å². The zero-order valence-electron chi connectivity index (χ0n) is 9.28. The van der Waals surface area contributed by atoms with Crippen LogP contribution in [0.15, 0.2) is 29.3 Å². The molecule has 3 heteroatoms. The van der Waals surface area contributed by atoms with Gasteiger partial charge < -0.3 is 4.74 Å². The lowest BCUT2D eigenvalue weighted by atomic mass is 10.1. The SMILES string of the molecule is CCOC(C)=Nc1ccccc1C(C)=O. The zero-order valence-corrected chi connectivity index (χ0v) is 9.28. The molecule has 3 nitrogen and oxygen atoms in total. The van der Waals surface area contributed by atoms with Gasteiger partial charge in [-0.25, -0.2) is 4.99 Å². The minimum atomic E-state index is 0.0126. The summed E-state index contributed by atoms with van der Waals surface area (Å²) in [5, 5.41) is 0. The van der Waals surface area contributed by atoms with Crippen molar-refractivity contribution in [1.82, 2.24) is 0 Å². The van der Waals surface area contributed by atoms with Crippen LogP contribution in [0, 0.1) is 0 Å². The van der Waals surface area contributed by atoms with Crippen molar-refractivity contribution >= 4 is 17.4 Å². The number of para-hydroxylation sites is 1. The van der Waals surface area contributed by atoms with Gasteiger partial charge in [-0.15, -0.1) is 0 Å². The standard InChI is InChI=1S/C12H15NO2/c1-4-15-10(3)13-12-8-6-5-7-11(12)9(2)14/h5-8H,4H2,1-3H3. The number of ether oxygens (including phenoxy) is 1. The van der Waals surface area contributed by atoms with Gasteiger partial charge in [0.1, 0.15) is 0 Å². The second-order valence-corrected chi connectivity index (χ2v) is 3.14. The van der Waals surface area contributed by atoms with Crippen molar-refractivity contribution in [3.8, 4) is 0 Å². The third-order valence-corrected chi connectivity index (χ3v) is 1.91. The Balaban J connectivity index is 3.03. The molecule has 1 rings (SSSR count). The van der Waals surface area contributed by atoms with Crippen LogP contribution in [0.25, 0.3) is 0 Å². The Morgan fingerprint density at radius 2 is 2.00 bits per heavy atom. The van der Waals surface area contributed by atoms with Gasteiger partial charge in [0.05, 0.1) is 12.3 Å². The third-order valence-electron chi connectivity index (χ3n) is 1.91. The van der Waals surface area contributed by atoms with Gasteiger partial charge in [0, 0.05) is 12.5 Å². The average molecular weight is 205 g/mol. The largest absolute Gasteiger partial charge is 0.481 e. The van der Waals surface area contributed by atoms with E-state index in [1.54, 1.807) is 19.1 Å². The summed E-state index contributed by atoms with van der Waals surface area (Å²) in [6.45, 7) is 5.79. The molecule has 0 fully saturated rings. The van der Waals surface area contributed by atoms with Gasteiger partial charge in [0.15, 0.2) is 11.7 Å². The van der Waals surface area contributed by atoms with E-state index < -0.39 is 0 Å². The molecule has 0 saturated carbocycles. The van der Waals surface area contributed by atoms with Gasteiger partial charge in [0.2, 0.25) is 0 Å². The number of benzene rings is 1. The van der Waals surface area contributed by atoms with E-state index >= 15 is 0 Å². The van der Waals surface area contributed by atoms with E-state index in [4.69, 9.17) is 4.74 Å². The molecule has 0 bridgehead atoms. The second kappa shape index (κ2) is 5.29. The van der Waals surface area contributed by atoms with Crippen molar-refractivity contribution in [2.24, 2.45) is 4.99 Å². The molecule has 0 N–H and O–H groups in total. The van der Waals surface area contributed by atoms with Crippen LogP contribution in [0.2, 0.25) is 0 Å². The summed E-state index contributed by atoms with van der Waals surface area (Å²) in [5.41, 5.74) is 1.28. The summed E-state index contributed by atoms with van der Waals surface area (Å²) in [5.74, 6) is 0.588. The molecule has 1 aromatic rings. The molecule has 0 aliphatic carbocycles. The van der Waals surface area contributed by atoms with Crippen molar-refractivity contribution in [2.75, 3.05) is 6.61 Å². The molecule has 0 atom stereocenters. The Labute approximate surface area is 89.8 Å². The highest BCUT2D eigenvalue weighted by molar-refractivity contribution is 5.99. The molecule has 0 aliphatic heterocycles. The lowest BCUT2D eigenvalue weighted by molar-refractivity contribution is 0.101. The van der Waals surface area contributed by atoms with Crippen molar-refractivity contribution in [2.45, 2.75) is 20.8 Å². The van der Waals surface area contributed by atoms with Gasteiger partial charge in [-0.2, -0.15) is 0 Å². The maximum Gasteiger partial charge on any atom is 0.185 e. The number of carbonyl (C=O) groups is 1. The van der Waals surface area contributed by atoms with Gasteiger partial charge in [-0.1, -0.05) is 12.1 Å². The van der Waals surface area contributed by atoms with E-state index in [2.05, 4.69) is 4.99 Å². The van der Waals surface area contributed by atoms with Crippen LogP contribution in [-0.4, -0.2) is 18.3 Å². The maximum atomic E-state index is 11.3. The van der Waals surface area contributed by atoms with Crippen LogP contribution in [0.3, 0.4) is 0 Å². The molecule has 0 unspecified atom stereocenters. The Bertz CT molecular complexity index is 383. The van der Waals surface area contributed by atoms with E-state index in [0.717, 1.165) is 0 Å². The zero-order chi connectivity index (χ0) is 11.3. The molecule has 1 aromatic carbocycles.